The van der Waals surface area contributed by atoms with Crippen molar-refractivity contribution in [2.45, 2.75) is 20.8 Å². The monoisotopic (exact) mass is 383 g/mol. The number of aryl methyl sites for hydroxylation is 1. The lowest BCUT2D eigenvalue weighted by molar-refractivity contribution is -0.113. The number of amides is 1. The van der Waals surface area contributed by atoms with Crippen molar-refractivity contribution >= 4 is 46.0 Å². The predicted molar refractivity (Wildman–Crippen MR) is 114 cm³/mol. The summed E-state index contributed by atoms with van der Waals surface area (Å²) in [6.07, 6.45) is 1.86. The van der Waals surface area contributed by atoms with E-state index in [4.69, 9.17) is 17.0 Å². The van der Waals surface area contributed by atoms with Crippen molar-refractivity contribution in [3.05, 3.63) is 64.6 Å². The van der Waals surface area contributed by atoms with Crippen LogP contribution in [0.25, 0.3) is 6.08 Å². The molecule has 2 aromatic carbocycles. The van der Waals surface area contributed by atoms with Crippen LogP contribution in [0.1, 0.15) is 25.0 Å². The van der Waals surface area contributed by atoms with E-state index in [2.05, 4.69) is 13.8 Å². The van der Waals surface area contributed by atoms with Gasteiger partial charge in [0.25, 0.3) is 5.91 Å². The predicted octanol–water partition coefficient (Wildman–Crippen LogP) is 5.44. The van der Waals surface area contributed by atoms with Gasteiger partial charge < -0.3 is 4.74 Å². The highest BCUT2D eigenvalue weighted by molar-refractivity contribution is 8.27. The van der Waals surface area contributed by atoms with Gasteiger partial charge in [-0.15, -0.1) is 0 Å². The Kier molecular flexibility index (Phi) is 5.79. The Hall–Kier alpha value is -2.11. The fraction of sp³-hybridized carbons (Fsp3) is 0.238. The van der Waals surface area contributed by atoms with E-state index in [-0.39, 0.29) is 5.91 Å². The summed E-state index contributed by atoms with van der Waals surface area (Å²) < 4.78 is 6.43. The van der Waals surface area contributed by atoms with Gasteiger partial charge in [0.1, 0.15) is 5.75 Å². The lowest BCUT2D eigenvalue weighted by Gasteiger charge is -2.14. The molecule has 5 heteroatoms. The van der Waals surface area contributed by atoms with Crippen LogP contribution in [0.5, 0.6) is 5.75 Å². The molecule has 0 spiro atoms. The van der Waals surface area contributed by atoms with Gasteiger partial charge in [0, 0.05) is 5.56 Å². The van der Waals surface area contributed by atoms with Crippen molar-refractivity contribution in [3.63, 3.8) is 0 Å². The van der Waals surface area contributed by atoms with Crippen LogP contribution >= 0.6 is 24.0 Å². The van der Waals surface area contributed by atoms with E-state index in [1.165, 1.54) is 11.8 Å². The molecule has 0 radical (unpaired) electrons. The first-order valence-electron chi connectivity index (χ1n) is 8.52. The topological polar surface area (TPSA) is 29.5 Å². The molecule has 1 heterocycles. The first-order chi connectivity index (χ1) is 12.5. The Bertz CT molecular complexity index is 857. The normalized spacial score (nSPS) is 16.0. The lowest BCUT2D eigenvalue weighted by atomic mass is 10.1. The lowest BCUT2D eigenvalue weighted by Crippen LogP contribution is -2.27. The molecule has 3 nitrogen and oxygen atoms in total. The Morgan fingerprint density at radius 3 is 2.54 bits per heavy atom. The molecule has 1 amide bonds. The number of thioether (sulfide) groups is 1. The van der Waals surface area contributed by atoms with E-state index < -0.39 is 0 Å². The van der Waals surface area contributed by atoms with Gasteiger partial charge in [-0.25, -0.2) is 0 Å². The van der Waals surface area contributed by atoms with E-state index in [9.17, 15) is 4.79 Å². The molecular weight excluding hydrogens is 362 g/mol. The van der Waals surface area contributed by atoms with E-state index in [0.717, 1.165) is 22.6 Å². The SMILES string of the molecule is Cc1ccc(N2C(=O)/C(=C/c3ccccc3OCC(C)C)SC2=S)cc1. The Balaban J connectivity index is 1.88. The standard InChI is InChI=1S/C21H21NO2S2/c1-14(2)13-24-18-7-5-4-6-16(18)12-19-20(23)22(21(25)26-19)17-10-8-15(3)9-11-17/h4-12,14H,13H2,1-3H3/b19-12-. The molecule has 1 saturated heterocycles. The van der Waals surface area contributed by atoms with Crippen molar-refractivity contribution in [2.24, 2.45) is 5.92 Å². The van der Waals surface area contributed by atoms with Crippen molar-refractivity contribution in [3.8, 4) is 5.75 Å². The number of anilines is 1. The molecule has 3 rings (SSSR count). The highest BCUT2D eigenvalue weighted by Gasteiger charge is 2.33. The average molecular weight is 384 g/mol. The van der Waals surface area contributed by atoms with Crippen molar-refractivity contribution in [1.82, 2.24) is 0 Å². The van der Waals surface area contributed by atoms with Crippen LogP contribution in [0.15, 0.2) is 53.4 Å². The maximum Gasteiger partial charge on any atom is 0.270 e. The molecule has 0 bridgehead atoms. The van der Waals surface area contributed by atoms with Crippen LogP contribution in [0.4, 0.5) is 5.69 Å². The van der Waals surface area contributed by atoms with E-state index in [0.29, 0.717) is 21.8 Å². The van der Waals surface area contributed by atoms with Crippen LogP contribution in [0.3, 0.4) is 0 Å². The van der Waals surface area contributed by atoms with E-state index >= 15 is 0 Å². The minimum Gasteiger partial charge on any atom is -0.493 e. The highest BCUT2D eigenvalue weighted by atomic mass is 32.2. The minimum atomic E-state index is -0.0949. The zero-order valence-electron chi connectivity index (χ0n) is 15.1. The molecule has 0 atom stereocenters. The summed E-state index contributed by atoms with van der Waals surface area (Å²) in [6.45, 7) is 6.86. The second-order valence-corrected chi connectivity index (χ2v) is 8.27. The number of benzene rings is 2. The number of ether oxygens (including phenoxy) is 1. The summed E-state index contributed by atoms with van der Waals surface area (Å²) in [7, 11) is 0. The number of carbonyl (C=O) groups is 1. The Labute approximate surface area is 164 Å². The largest absolute Gasteiger partial charge is 0.493 e. The highest BCUT2D eigenvalue weighted by Crippen LogP contribution is 2.37. The molecule has 134 valence electrons. The number of para-hydroxylation sites is 1. The minimum absolute atomic E-state index is 0.0949. The third kappa shape index (κ3) is 4.17. The van der Waals surface area contributed by atoms with Crippen LogP contribution in [0, 0.1) is 12.8 Å². The Morgan fingerprint density at radius 2 is 1.85 bits per heavy atom. The first-order valence-corrected chi connectivity index (χ1v) is 9.74. The molecule has 0 N–H and O–H groups in total. The van der Waals surface area contributed by atoms with Gasteiger partial charge in [0.05, 0.1) is 17.2 Å². The molecule has 0 saturated carbocycles. The quantitative estimate of drug-likeness (QED) is 0.508. The van der Waals surface area contributed by atoms with Gasteiger partial charge >= 0.3 is 0 Å². The second-order valence-electron chi connectivity index (χ2n) is 6.60. The maximum atomic E-state index is 12.9. The summed E-state index contributed by atoms with van der Waals surface area (Å²) in [6, 6.07) is 15.5. The molecule has 1 aliphatic heterocycles. The number of hydrogen-bond acceptors (Lipinski definition) is 4. The molecule has 1 fully saturated rings. The van der Waals surface area contributed by atoms with Gasteiger partial charge in [-0.3, -0.25) is 9.69 Å². The molecular formula is C21H21NO2S2. The smallest absolute Gasteiger partial charge is 0.270 e. The fourth-order valence-corrected chi connectivity index (χ4v) is 3.80. The summed E-state index contributed by atoms with van der Waals surface area (Å²) in [5.74, 6) is 1.12. The van der Waals surface area contributed by atoms with Crippen LogP contribution in [0.2, 0.25) is 0 Å². The number of rotatable bonds is 5. The zero-order chi connectivity index (χ0) is 18.7. The summed E-state index contributed by atoms with van der Waals surface area (Å²) in [4.78, 5) is 15.1. The third-order valence-electron chi connectivity index (χ3n) is 3.86. The summed E-state index contributed by atoms with van der Waals surface area (Å²) in [5.41, 5.74) is 2.83. The van der Waals surface area contributed by atoms with Gasteiger partial charge in [-0.05, 0) is 37.1 Å². The number of nitrogens with zero attached hydrogens (tertiary/aromatic N) is 1. The maximum absolute atomic E-state index is 12.9. The summed E-state index contributed by atoms with van der Waals surface area (Å²) in [5, 5.41) is 0. The van der Waals surface area contributed by atoms with Gasteiger partial charge in [-0.2, -0.15) is 0 Å². The number of thiocarbonyl (C=S) groups is 1. The fourth-order valence-electron chi connectivity index (χ4n) is 2.51. The van der Waals surface area contributed by atoms with Crippen molar-refractivity contribution < 1.29 is 9.53 Å². The number of hydrogen-bond donors (Lipinski definition) is 0. The van der Waals surface area contributed by atoms with Gasteiger partial charge in [0.15, 0.2) is 4.32 Å². The van der Waals surface area contributed by atoms with E-state index in [1.807, 2.05) is 61.5 Å². The molecule has 1 aliphatic rings. The Morgan fingerprint density at radius 1 is 1.15 bits per heavy atom. The van der Waals surface area contributed by atoms with Crippen LogP contribution < -0.4 is 9.64 Å². The average Bonchev–Trinajstić information content (AvgIpc) is 2.89. The summed E-state index contributed by atoms with van der Waals surface area (Å²) >= 11 is 6.76. The number of carbonyl (C=O) groups excluding carboxylic acids is 1. The molecule has 0 aromatic heterocycles. The molecule has 2 aromatic rings. The van der Waals surface area contributed by atoms with Crippen LogP contribution in [-0.2, 0) is 4.79 Å². The molecule has 0 unspecified atom stereocenters. The van der Waals surface area contributed by atoms with E-state index in [1.54, 1.807) is 4.90 Å². The van der Waals surface area contributed by atoms with Crippen molar-refractivity contribution in [1.29, 1.82) is 0 Å². The molecule has 26 heavy (non-hydrogen) atoms. The third-order valence-corrected chi connectivity index (χ3v) is 5.17. The van der Waals surface area contributed by atoms with Gasteiger partial charge in [-0.1, -0.05) is 73.7 Å². The second kappa shape index (κ2) is 8.06. The van der Waals surface area contributed by atoms with Gasteiger partial charge in [0.2, 0.25) is 0 Å². The van der Waals surface area contributed by atoms with Crippen LogP contribution in [-0.4, -0.2) is 16.8 Å². The zero-order valence-corrected chi connectivity index (χ0v) is 16.7. The molecule has 0 aliphatic carbocycles. The first kappa shape index (κ1) is 18.7. The van der Waals surface area contributed by atoms with Crippen molar-refractivity contribution in [2.75, 3.05) is 11.5 Å².